The van der Waals surface area contributed by atoms with Gasteiger partial charge < -0.3 is 5.11 Å². The largest absolute Gasteiger partial charge is 0.396 e. The summed E-state index contributed by atoms with van der Waals surface area (Å²) in [4.78, 5) is 0. The van der Waals surface area contributed by atoms with Gasteiger partial charge in [-0.15, -0.1) is 0 Å². The third-order valence-electron chi connectivity index (χ3n) is 4.91. The smallest absolute Gasteiger partial charge is 0.0490 e. The Morgan fingerprint density at radius 2 is 1.79 bits per heavy atom. The Hall–Kier alpha value is -0.0400. The van der Waals surface area contributed by atoms with Crippen LogP contribution < -0.4 is 0 Å². The van der Waals surface area contributed by atoms with Crippen molar-refractivity contribution < 1.29 is 5.11 Å². The molecule has 1 heteroatoms. The summed E-state index contributed by atoms with van der Waals surface area (Å²) in [5.74, 6) is 0.780. The number of hydrogen-bond acceptors (Lipinski definition) is 1. The molecule has 2 saturated carbocycles. The van der Waals surface area contributed by atoms with Crippen LogP contribution in [0.1, 0.15) is 58.8 Å². The van der Waals surface area contributed by atoms with Crippen molar-refractivity contribution >= 4 is 0 Å². The van der Waals surface area contributed by atoms with E-state index in [4.69, 9.17) is 0 Å². The van der Waals surface area contributed by atoms with Gasteiger partial charge >= 0.3 is 0 Å². The first-order valence-electron chi connectivity index (χ1n) is 6.22. The van der Waals surface area contributed by atoms with Crippen molar-refractivity contribution in [3.63, 3.8) is 0 Å². The molecule has 0 amide bonds. The van der Waals surface area contributed by atoms with E-state index in [1.54, 1.807) is 0 Å². The van der Waals surface area contributed by atoms with E-state index >= 15 is 0 Å². The second-order valence-corrected chi connectivity index (χ2v) is 6.16. The monoisotopic (exact) mass is 196 g/mol. The van der Waals surface area contributed by atoms with Crippen LogP contribution in [0.3, 0.4) is 0 Å². The first-order chi connectivity index (χ1) is 6.61. The van der Waals surface area contributed by atoms with Crippen LogP contribution in [0.2, 0.25) is 0 Å². The van der Waals surface area contributed by atoms with Crippen LogP contribution in [0.15, 0.2) is 0 Å². The normalized spacial score (nSPS) is 41.8. The second-order valence-electron chi connectivity index (χ2n) is 6.16. The van der Waals surface area contributed by atoms with Gasteiger partial charge in [-0.2, -0.15) is 0 Å². The molecule has 0 radical (unpaired) electrons. The Morgan fingerprint density at radius 3 is 2.43 bits per heavy atom. The molecule has 2 fully saturated rings. The van der Waals surface area contributed by atoms with Gasteiger partial charge in [-0.3, -0.25) is 0 Å². The molecule has 0 aromatic carbocycles. The Kier molecular flexibility index (Phi) is 2.63. The van der Waals surface area contributed by atoms with Crippen molar-refractivity contribution in [3.8, 4) is 0 Å². The average Bonchev–Trinajstić information content (AvgIpc) is 2.17. The molecular formula is C13H24O. The van der Waals surface area contributed by atoms with E-state index < -0.39 is 0 Å². The van der Waals surface area contributed by atoms with Crippen molar-refractivity contribution in [2.24, 2.45) is 16.7 Å². The van der Waals surface area contributed by atoms with E-state index in [0.29, 0.717) is 17.4 Å². The molecular weight excluding hydrogens is 172 g/mol. The van der Waals surface area contributed by atoms with Gasteiger partial charge in [0.15, 0.2) is 0 Å². The highest BCUT2D eigenvalue weighted by Crippen LogP contribution is 2.57. The summed E-state index contributed by atoms with van der Waals surface area (Å²) < 4.78 is 0. The van der Waals surface area contributed by atoms with Gasteiger partial charge in [0.05, 0.1) is 0 Å². The Bertz CT molecular complexity index is 205. The van der Waals surface area contributed by atoms with E-state index in [9.17, 15) is 5.11 Å². The van der Waals surface area contributed by atoms with Gasteiger partial charge in [0.1, 0.15) is 0 Å². The highest BCUT2D eigenvalue weighted by atomic mass is 16.3. The lowest BCUT2D eigenvalue weighted by Crippen LogP contribution is -2.47. The molecule has 0 bridgehead atoms. The molecule has 2 aliphatic rings. The summed E-state index contributed by atoms with van der Waals surface area (Å²) in [5, 5.41) is 9.71. The molecule has 0 aromatic heterocycles. The standard InChI is InChI=1S/C13H24O/c1-12(2)7-5-9-13(10-14)8-4-3-6-11(12)13/h11,14H,3-10H2,1-2H3/t11-,13-/m1/s1. The van der Waals surface area contributed by atoms with E-state index in [-0.39, 0.29) is 0 Å². The molecule has 0 saturated heterocycles. The third kappa shape index (κ3) is 1.50. The molecule has 0 spiro atoms. The van der Waals surface area contributed by atoms with Crippen LogP contribution in [-0.2, 0) is 0 Å². The fourth-order valence-corrected chi connectivity index (χ4v) is 4.16. The maximum atomic E-state index is 9.71. The van der Waals surface area contributed by atoms with Gasteiger partial charge in [0.2, 0.25) is 0 Å². The van der Waals surface area contributed by atoms with Crippen LogP contribution >= 0.6 is 0 Å². The highest BCUT2D eigenvalue weighted by molar-refractivity contribution is 4.99. The number of rotatable bonds is 1. The number of hydrogen-bond donors (Lipinski definition) is 1. The molecule has 82 valence electrons. The maximum Gasteiger partial charge on any atom is 0.0490 e. The average molecular weight is 196 g/mol. The number of fused-ring (bicyclic) bond motifs is 1. The van der Waals surface area contributed by atoms with E-state index in [1.807, 2.05) is 0 Å². The molecule has 1 N–H and O–H groups in total. The minimum absolute atomic E-state index is 0.306. The van der Waals surface area contributed by atoms with E-state index in [1.165, 1.54) is 44.9 Å². The zero-order valence-electron chi connectivity index (χ0n) is 9.68. The first-order valence-corrected chi connectivity index (χ1v) is 6.22. The molecule has 0 unspecified atom stereocenters. The molecule has 14 heavy (non-hydrogen) atoms. The predicted octanol–water partition coefficient (Wildman–Crippen LogP) is 3.37. The molecule has 2 atom stereocenters. The molecule has 2 aliphatic carbocycles. The third-order valence-corrected chi connectivity index (χ3v) is 4.91. The summed E-state index contributed by atoms with van der Waals surface area (Å²) in [7, 11) is 0. The van der Waals surface area contributed by atoms with Crippen molar-refractivity contribution in [2.45, 2.75) is 58.8 Å². The quantitative estimate of drug-likeness (QED) is 0.681. The maximum absolute atomic E-state index is 9.71. The van der Waals surface area contributed by atoms with Crippen molar-refractivity contribution in [2.75, 3.05) is 6.61 Å². The summed E-state index contributed by atoms with van der Waals surface area (Å²) in [6.07, 6.45) is 9.31. The predicted molar refractivity (Wildman–Crippen MR) is 59.1 cm³/mol. The van der Waals surface area contributed by atoms with Gasteiger partial charge in [0.25, 0.3) is 0 Å². The molecule has 0 aliphatic heterocycles. The van der Waals surface area contributed by atoms with Crippen LogP contribution in [0.25, 0.3) is 0 Å². The van der Waals surface area contributed by atoms with Gasteiger partial charge in [-0.05, 0) is 42.4 Å². The van der Waals surface area contributed by atoms with Crippen LogP contribution in [0, 0.1) is 16.7 Å². The zero-order valence-corrected chi connectivity index (χ0v) is 9.68. The topological polar surface area (TPSA) is 20.2 Å². The Morgan fingerprint density at radius 1 is 1.07 bits per heavy atom. The van der Waals surface area contributed by atoms with Crippen LogP contribution in [-0.4, -0.2) is 11.7 Å². The zero-order chi connectivity index (χ0) is 10.2. The summed E-state index contributed by atoms with van der Waals surface area (Å²) in [6, 6.07) is 0. The van der Waals surface area contributed by atoms with Crippen LogP contribution in [0.4, 0.5) is 0 Å². The van der Waals surface area contributed by atoms with Gasteiger partial charge in [-0.1, -0.05) is 33.1 Å². The van der Waals surface area contributed by atoms with E-state index in [2.05, 4.69) is 13.8 Å². The number of aliphatic hydroxyl groups excluding tert-OH is 1. The molecule has 0 heterocycles. The van der Waals surface area contributed by atoms with E-state index in [0.717, 1.165) is 5.92 Å². The molecule has 0 aromatic rings. The SMILES string of the molecule is CC1(C)CCC[C@@]2(CO)CCCC[C@H]12. The summed E-state index contributed by atoms with van der Waals surface area (Å²) in [6.45, 7) is 5.25. The summed E-state index contributed by atoms with van der Waals surface area (Å²) in [5.41, 5.74) is 0.779. The minimum Gasteiger partial charge on any atom is -0.396 e. The van der Waals surface area contributed by atoms with Gasteiger partial charge in [0, 0.05) is 6.61 Å². The fraction of sp³-hybridized carbons (Fsp3) is 1.00. The fourth-order valence-electron chi connectivity index (χ4n) is 4.16. The first kappa shape index (κ1) is 10.5. The van der Waals surface area contributed by atoms with Crippen molar-refractivity contribution in [1.82, 2.24) is 0 Å². The lowest BCUT2D eigenvalue weighted by Gasteiger charge is -2.54. The lowest BCUT2D eigenvalue weighted by molar-refractivity contribution is -0.0763. The lowest BCUT2D eigenvalue weighted by atomic mass is 9.51. The Balaban J connectivity index is 2.24. The second kappa shape index (κ2) is 3.52. The van der Waals surface area contributed by atoms with Crippen LogP contribution in [0.5, 0.6) is 0 Å². The number of aliphatic hydroxyl groups is 1. The molecule has 1 nitrogen and oxygen atoms in total. The Labute approximate surface area is 87.9 Å². The van der Waals surface area contributed by atoms with Crippen molar-refractivity contribution in [1.29, 1.82) is 0 Å². The summed E-state index contributed by atoms with van der Waals surface area (Å²) >= 11 is 0. The minimum atomic E-state index is 0.306. The molecule has 2 rings (SSSR count). The highest BCUT2D eigenvalue weighted by Gasteiger charge is 2.49. The van der Waals surface area contributed by atoms with Crippen molar-refractivity contribution in [3.05, 3.63) is 0 Å². The van der Waals surface area contributed by atoms with Gasteiger partial charge in [-0.25, -0.2) is 0 Å².